The molecule has 0 atom stereocenters. The van der Waals surface area contributed by atoms with Crippen LogP contribution in [0.3, 0.4) is 0 Å². The lowest BCUT2D eigenvalue weighted by atomic mass is 10.4. The SMILES string of the molecule is CN(C)C(=O)CN=C(N)C1CC1. The predicted molar refractivity (Wildman–Crippen MR) is 47.9 cm³/mol. The van der Waals surface area contributed by atoms with Gasteiger partial charge < -0.3 is 10.6 Å². The predicted octanol–water partition coefficient (Wildman–Crippen LogP) is -0.158. The number of hydrogen-bond acceptors (Lipinski definition) is 2. The molecular weight excluding hydrogens is 154 g/mol. The van der Waals surface area contributed by atoms with Crippen molar-refractivity contribution in [2.45, 2.75) is 12.8 Å². The minimum absolute atomic E-state index is 0.00130. The Hall–Kier alpha value is -1.06. The fourth-order valence-corrected chi connectivity index (χ4v) is 0.809. The number of rotatable bonds is 3. The van der Waals surface area contributed by atoms with Crippen molar-refractivity contribution < 1.29 is 4.79 Å². The molecule has 1 saturated carbocycles. The van der Waals surface area contributed by atoms with Crippen molar-refractivity contribution in [2.75, 3.05) is 20.6 Å². The van der Waals surface area contributed by atoms with Gasteiger partial charge >= 0.3 is 0 Å². The largest absolute Gasteiger partial charge is 0.387 e. The molecule has 0 aromatic carbocycles. The number of hydrogen-bond donors (Lipinski definition) is 1. The summed E-state index contributed by atoms with van der Waals surface area (Å²) in [5, 5.41) is 0. The molecule has 68 valence electrons. The van der Waals surface area contributed by atoms with Crippen LogP contribution < -0.4 is 5.73 Å². The van der Waals surface area contributed by atoms with E-state index >= 15 is 0 Å². The first-order valence-electron chi connectivity index (χ1n) is 4.11. The zero-order chi connectivity index (χ0) is 9.14. The van der Waals surface area contributed by atoms with Gasteiger partial charge in [0.05, 0.1) is 5.84 Å². The maximum atomic E-state index is 11.1. The molecule has 2 N–H and O–H groups in total. The lowest BCUT2D eigenvalue weighted by molar-refractivity contribution is -0.127. The summed E-state index contributed by atoms with van der Waals surface area (Å²) in [4.78, 5) is 16.6. The number of nitrogens with two attached hydrogens (primary N) is 1. The van der Waals surface area contributed by atoms with Crippen LogP contribution in [0.15, 0.2) is 4.99 Å². The van der Waals surface area contributed by atoms with E-state index in [2.05, 4.69) is 4.99 Å². The van der Waals surface area contributed by atoms with E-state index in [9.17, 15) is 4.79 Å². The number of amides is 1. The molecule has 0 aromatic heterocycles. The van der Waals surface area contributed by atoms with Crippen molar-refractivity contribution in [2.24, 2.45) is 16.6 Å². The Morgan fingerprint density at radius 1 is 1.58 bits per heavy atom. The molecule has 0 aromatic rings. The summed E-state index contributed by atoms with van der Waals surface area (Å²) in [5.74, 6) is 1.10. The summed E-state index contributed by atoms with van der Waals surface area (Å²) < 4.78 is 0. The van der Waals surface area contributed by atoms with Crippen LogP contribution in [0.25, 0.3) is 0 Å². The first kappa shape index (κ1) is 9.03. The van der Waals surface area contributed by atoms with Gasteiger partial charge in [-0.3, -0.25) is 9.79 Å². The molecule has 0 radical (unpaired) electrons. The van der Waals surface area contributed by atoms with E-state index in [0.717, 1.165) is 12.8 Å². The van der Waals surface area contributed by atoms with Gasteiger partial charge in [-0.25, -0.2) is 0 Å². The van der Waals surface area contributed by atoms with Gasteiger partial charge in [0, 0.05) is 20.0 Å². The van der Waals surface area contributed by atoms with Crippen LogP contribution in [0, 0.1) is 5.92 Å². The summed E-state index contributed by atoms with van der Waals surface area (Å²) in [6, 6.07) is 0. The van der Waals surface area contributed by atoms with E-state index in [-0.39, 0.29) is 12.5 Å². The Balaban J connectivity index is 2.31. The van der Waals surface area contributed by atoms with Gasteiger partial charge in [0.1, 0.15) is 6.54 Å². The summed E-state index contributed by atoms with van der Waals surface area (Å²) in [5.41, 5.74) is 5.61. The van der Waals surface area contributed by atoms with Crippen molar-refractivity contribution in [3.63, 3.8) is 0 Å². The van der Waals surface area contributed by atoms with Gasteiger partial charge in [0.25, 0.3) is 0 Å². The standard InChI is InChI=1S/C8H15N3O/c1-11(2)7(12)5-10-8(9)6-3-4-6/h6H,3-5H2,1-2H3,(H2,9,10). The third-order valence-corrected chi connectivity index (χ3v) is 1.89. The van der Waals surface area contributed by atoms with Gasteiger partial charge in [-0.1, -0.05) is 0 Å². The van der Waals surface area contributed by atoms with Crippen LogP contribution in [0.1, 0.15) is 12.8 Å². The van der Waals surface area contributed by atoms with Crippen molar-refractivity contribution >= 4 is 11.7 Å². The number of likely N-dealkylation sites (N-methyl/N-ethyl adjacent to an activating group) is 1. The fraction of sp³-hybridized carbons (Fsp3) is 0.750. The third kappa shape index (κ3) is 2.53. The molecule has 0 unspecified atom stereocenters. The molecule has 0 aliphatic heterocycles. The molecule has 1 aliphatic carbocycles. The van der Waals surface area contributed by atoms with Crippen LogP contribution in [0.4, 0.5) is 0 Å². The van der Waals surface area contributed by atoms with E-state index in [1.54, 1.807) is 14.1 Å². The minimum atomic E-state index is -0.00130. The molecule has 1 aliphatic rings. The first-order chi connectivity index (χ1) is 5.61. The Labute approximate surface area is 72.4 Å². The van der Waals surface area contributed by atoms with Gasteiger partial charge in [-0.15, -0.1) is 0 Å². The van der Waals surface area contributed by atoms with Gasteiger partial charge in [0.2, 0.25) is 5.91 Å². The highest BCUT2D eigenvalue weighted by Crippen LogP contribution is 2.28. The fourth-order valence-electron chi connectivity index (χ4n) is 0.809. The summed E-state index contributed by atoms with van der Waals surface area (Å²) in [6.07, 6.45) is 2.26. The summed E-state index contributed by atoms with van der Waals surface area (Å²) >= 11 is 0. The van der Waals surface area contributed by atoms with E-state index in [1.807, 2.05) is 0 Å². The quantitative estimate of drug-likeness (QED) is 0.471. The van der Waals surface area contributed by atoms with Crippen molar-refractivity contribution in [1.82, 2.24) is 4.90 Å². The van der Waals surface area contributed by atoms with E-state index < -0.39 is 0 Å². The molecule has 0 heterocycles. The number of aliphatic imine (C=N–C) groups is 1. The second kappa shape index (κ2) is 3.56. The van der Waals surface area contributed by atoms with Crippen LogP contribution >= 0.6 is 0 Å². The number of nitrogens with zero attached hydrogens (tertiary/aromatic N) is 2. The highest BCUT2D eigenvalue weighted by Gasteiger charge is 2.25. The molecule has 4 heteroatoms. The topological polar surface area (TPSA) is 58.7 Å². The lowest BCUT2D eigenvalue weighted by Gasteiger charge is -2.07. The second-order valence-electron chi connectivity index (χ2n) is 3.30. The first-order valence-corrected chi connectivity index (χ1v) is 4.11. The molecule has 0 spiro atoms. The Morgan fingerprint density at radius 3 is 2.58 bits per heavy atom. The van der Waals surface area contributed by atoms with E-state index in [0.29, 0.717) is 11.8 Å². The smallest absolute Gasteiger partial charge is 0.243 e. The van der Waals surface area contributed by atoms with Crippen LogP contribution in [0.2, 0.25) is 0 Å². The Kier molecular flexibility index (Phi) is 2.68. The summed E-state index contributed by atoms with van der Waals surface area (Å²) in [6.45, 7) is 0.190. The van der Waals surface area contributed by atoms with Crippen molar-refractivity contribution in [3.05, 3.63) is 0 Å². The molecule has 4 nitrogen and oxygen atoms in total. The molecular formula is C8H15N3O. The average molecular weight is 169 g/mol. The zero-order valence-electron chi connectivity index (χ0n) is 7.58. The molecule has 1 fully saturated rings. The monoisotopic (exact) mass is 169 g/mol. The van der Waals surface area contributed by atoms with Crippen LogP contribution in [-0.2, 0) is 4.79 Å². The Bertz CT molecular complexity index is 206. The number of carbonyl (C=O) groups excluding carboxylic acids is 1. The van der Waals surface area contributed by atoms with E-state index in [1.165, 1.54) is 4.90 Å². The number of amidine groups is 1. The second-order valence-corrected chi connectivity index (χ2v) is 3.30. The molecule has 1 amide bonds. The highest BCUT2D eigenvalue weighted by atomic mass is 16.2. The summed E-state index contributed by atoms with van der Waals surface area (Å²) in [7, 11) is 3.43. The molecule has 12 heavy (non-hydrogen) atoms. The lowest BCUT2D eigenvalue weighted by Crippen LogP contribution is -2.26. The highest BCUT2D eigenvalue weighted by molar-refractivity contribution is 5.87. The van der Waals surface area contributed by atoms with Gasteiger partial charge in [0.15, 0.2) is 0 Å². The maximum Gasteiger partial charge on any atom is 0.243 e. The Morgan fingerprint density at radius 2 is 2.17 bits per heavy atom. The average Bonchev–Trinajstić information content (AvgIpc) is 2.81. The molecule has 0 saturated heterocycles. The third-order valence-electron chi connectivity index (χ3n) is 1.89. The van der Waals surface area contributed by atoms with Crippen LogP contribution in [-0.4, -0.2) is 37.3 Å². The molecule has 1 rings (SSSR count). The zero-order valence-corrected chi connectivity index (χ0v) is 7.58. The number of carbonyl (C=O) groups is 1. The van der Waals surface area contributed by atoms with Gasteiger partial charge in [-0.2, -0.15) is 0 Å². The van der Waals surface area contributed by atoms with Crippen molar-refractivity contribution in [1.29, 1.82) is 0 Å². The minimum Gasteiger partial charge on any atom is -0.387 e. The molecule has 0 bridgehead atoms. The van der Waals surface area contributed by atoms with Crippen molar-refractivity contribution in [3.8, 4) is 0 Å². The normalized spacial score (nSPS) is 17.7. The van der Waals surface area contributed by atoms with E-state index in [4.69, 9.17) is 5.73 Å². The van der Waals surface area contributed by atoms with Crippen LogP contribution in [0.5, 0.6) is 0 Å². The van der Waals surface area contributed by atoms with Gasteiger partial charge in [-0.05, 0) is 12.8 Å². The maximum absolute atomic E-state index is 11.1.